The summed E-state index contributed by atoms with van der Waals surface area (Å²) < 4.78 is 6.58. The third-order valence-corrected chi connectivity index (χ3v) is 3.40. The molecule has 2 rings (SSSR count). The lowest BCUT2D eigenvalue weighted by Gasteiger charge is -2.12. The summed E-state index contributed by atoms with van der Waals surface area (Å²) in [7, 11) is 1.74. The zero-order valence-electron chi connectivity index (χ0n) is 8.27. The highest BCUT2D eigenvalue weighted by atomic mass is 79.9. The molecule has 0 saturated carbocycles. The SMILES string of the molecule is COc1ccc(Br)c2c1CCNCC2. The van der Waals surface area contributed by atoms with Gasteiger partial charge in [0.05, 0.1) is 7.11 Å². The minimum Gasteiger partial charge on any atom is -0.496 e. The molecule has 0 saturated heterocycles. The second kappa shape index (κ2) is 4.32. The highest BCUT2D eigenvalue weighted by molar-refractivity contribution is 9.10. The maximum Gasteiger partial charge on any atom is 0.122 e. The Balaban J connectivity index is 2.49. The lowest BCUT2D eigenvalue weighted by atomic mass is 10.0. The van der Waals surface area contributed by atoms with E-state index in [9.17, 15) is 0 Å². The normalized spacial score (nSPS) is 15.9. The topological polar surface area (TPSA) is 21.3 Å². The van der Waals surface area contributed by atoms with E-state index in [0.717, 1.165) is 31.7 Å². The van der Waals surface area contributed by atoms with Crippen molar-refractivity contribution in [2.75, 3.05) is 20.2 Å². The Bertz CT molecular complexity index is 338. The Hall–Kier alpha value is -0.540. The first-order chi connectivity index (χ1) is 6.83. The standard InChI is InChI=1S/C11H14BrNO/c1-14-11-3-2-10(12)8-4-6-13-7-5-9(8)11/h2-3,13H,4-7H2,1H3. The summed E-state index contributed by atoms with van der Waals surface area (Å²) in [4.78, 5) is 0. The molecule has 0 aromatic heterocycles. The molecule has 2 nitrogen and oxygen atoms in total. The van der Waals surface area contributed by atoms with Gasteiger partial charge in [0.15, 0.2) is 0 Å². The van der Waals surface area contributed by atoms with Gasteiger partial charge in [0, 0.05) is 4.47 Å². The highest BCUT2D eigenvalue weighted by Gasteiger charge is 2.14. The maximum atomic E-state index is 5.37. The Kier molecular flexibility index (Phi) is 3.08. The van der Waals surface area contributed by atoms with Gasteiger partial charge in [0.25, 0.3) is 0 Å². The monoisotopic (exact) mass is 255 g/mol. The molecule has 0 unspecified atom stereocenters. The average Bonchev–Trinajstić information content (AvgIpc) is 2.44. The fourth-order valence-corrected chi connectivity index (χ4v) is 2.50. The molecule has 0 amide bonds. The van der Waals surface area contributed by atoms with E-state index in [1.54, 1.807) is 7.11 Å². The van der Waals surface area contributed by atoms with Crippen molar-refractivity contribution in [2.45, 2.75) is 12.8 Å². The minimum absolute atomic E-state index is 1.02. The molecule has 3 heteroatoms. The van der Waals surface area contributed by atoms with Gasteiger partial charge in [0.2, 0.25) is 0 Å². The van der Waals surface area contributed by atoms with E-state index in [1.165, 1.54) is 15.6 Å². The zero-order valence-corrected chi connectivity index (χ0v) is 9.86. The van der Waals surface area contributed by atoms with Gasteiger partial charge in [-0.05, 0) is 49.2 Å². The van der Waals surface area contributed by atoms with Crippen LogP contribution in [0.4, 0.5) is 0 Å². The van der Waals surface area contributed by atoms with E-state index < -0.39 is 0 Å². The quantitative estimate of drug-likeness (QED) is 0.831. The van der Waals surface area contributed by atoms with Crippen LogP contribution in [-0.2, 0) is 12.8 Å². The molecule has 0 bridgehead atoms. The maximum absolute atomic E-state index is 5.37. The predicted octanol–water partition coefficient (Wildman–Crippen LogP) is 2.15. The second-order valence-electron chi connectivity index (χ2n) is 3.46. The zero-order chi connectivity index (χ0) is 9.97. The van der Waals surface area contributed by atoms with Crippen molar-refractivity contribution in [3.05, 3.63) is 27.7 Å². The van der Waals surface area contributed by atoms with Gasteiger partial charge in [-0.3, -0.25) is 0 Å². The van der Waals surface area contributed by atoms with E-state index in [0.29, 0.717) is 0 Å². The van der Waals surface area contributed by atoms with Gasteiger partial charge in [0.1, 0.15) is 5.75 Å². The third kappa shape index (κ3) is 1.79. The van der Waals surface area contributed by atoms with Crippen LogP contribution in [0.2, 0.25) is 0 Å². The van der Waals surface area contributed by atoms with Crippen LogP contribution in [-0.4, -0.2) is 20.2 Å². The van der Waals surface area contributed by atoms with E-state index in [4.69, 9.17) is 4.74 Å². The Morgan fingerprint density at radius 1 is 1.21 bits per heavy atom. The van der Waals surface area contributed by atoms with E-state index >= 15 is 0 Å². The molecule has 0 spiro atoms. The molecule has 0 atom stereocenters. The Labute approximate surface area is 92.8 Å². The molecule has 0 fully saturated rings. The third-order valence-electron chi connectivity index (χ3n) is 2.65. The number of benzene rings is 1. The van der Waals surface area contributed by atoms with Crippen LogP contribution in [0.3, 0.4) is 0 Å². The number of hydrogen-bond donors (Lipinski definition) is 1. The summed E-state index contributed by atoms with van der Waals surface area (Å²) in [5.74, 6) is 1.02. The largest absolute Gasteiger partial charge is 0.496 e. The summed E-state index contributed by atoms with van der Waals surface area (Å²) in [6.07, 6.45) is 2.13. The Morgan fingerprint density at radius 2 is 1.93 bits per heavy atom. The van der Waals surface area contributed by atoms with Crippen molar-refractivity contribution >= 4 is 15.9 Å². The molecule has 1 aromatic rings. The van der Waals surface area contributed by atoms with Crippen molar-refractivity contribution in [3.63, 3.8) is 0 Å². The van der Waals surface area contributed by atoms with Crippen LogP contribution in [0.15, 0.2) is 16.6 Å². The predicted molar refractivity (Wildman–Crippen MR) is 61.0 cm³/mol. The summed E-state index contributed by atoms with van der Waals surface area (Å²) >= 11 is 3.60. The van der Waals surface area contributed by atoms with Crippen LogP contribution in [0.25, 0.3) is 0 Å². The summed E-state index contributed by atoms with van der Waals surface area (Å²) in [5, 5.41) is 3.40. The number of fused-ring (bicyclic) bond motifs is 1. The molecule has 1 N–H and O–H groups in total. The van der Waals surface area contributed by atoms with Gasteiger partial charge in [-0.25, -0.2) is 0 Å². The number of methoxy groups -OCH3 is 1. The number of halogens is 1. The van der Waals surface area contributed by atoms with Gasteiger partial charge in [-0.2, -0.15) is 0 Å². The van der Waals surface area contributed by atoms with Crippen LogP contribution in [0.1, 0.15) is 11.1 Å². The van der Waals surface area contributed by atoms with E-state index in [1.807, 2.05) is 6.07 Å². The number of ether oxygens (including phenoxy) is 1. The van der Waals surface area contributed by atoms with E-state index in [-0.39, 0.29) is 0 Å². The fourth-order valence-electron chi connectivity index (χ4n) is 1.93. The average molecular weight is 256 g/mol. The van der Waals surface area contributed by atoms with Gasteiger partial charge >= 0.3 is 0 Å². The molecule has 1 heterocycles. The van der Waals surface area contributed by atoms with Crippen LogP contribution in [0.5, 0.6) is 5.75 Å². The summed E-state index contributed by atoms with van der Waals surface area (Å²) in [6, 6.07) is 4.11. The van der Waals surface area contributed by atoms with Crippen LogP contribution >= 0.6 is 15.9 Å². The van der Waals surface area contributed by atoms with Crippen molar-refractivity contribution in [2.24, 2.45) is 0 Å². The summed E-state index contributed by atoms with van der Waals surface area (Å²) in [5.41, 5.74) is 2.75. The first kappa shape index (κ1) is 9.99. The lowest BCUT2D eigenvalue weighted by molar-refractivity contribution is 0.409. The molecular formula is C11H14BrNO. The van der Waals surface area contributed by atoms with Crippen molar-refractivity contribution < 1.29 is 4.74 Å². The smallest absolute Gasteiger partial charge is 0.122 e. The molecule has 1 aliphatic rings. The fraction of sp³-hybridized carbons (Fsp3) is 0.455. The molecule has 1 aliphatic heterocycles. The van der Waals surface area contributed by atoms with Crippen molar-refractivity contribution in [1.82, 2.24) is 5.32 Å². The molecule has 1 aromatic carbocycles. The van der Waals surface area contributed by atoms with Crippen LogP contribution in [0, 0.1) is 0 Å². The number of hydrogen-bond acceptors (Lipinski definition) is 2. The molecule has 14 heavy (non-hydrogen) atoms. The highest BCUT2D eigenvalue weighted by Crippen LogP contribution is 2.30. The first-order valence-corrected chi connectivity index (χ1v) is 5.67. The van der Waals surface area contributed by atoms with Gasteiger partial charge in [-0.1, -0.05) is 15.9 Å². The lowest BCUT2D eigenvalue weighted by Crippen LogP contribution is -2.16. The van der Waals surface area contributed by atoms with Gasteiger partial charge < -0.3 is 10.1 Å². The summed E-state index contributed by atoms with van der Waals surface area (Å²) in [6.45, 7) is 2.10. The molecular weight excluding hydrogens is 242 g/mol. The minimum atomic E-state index is 1.02. The molecule has 76 valence electrons. The number of nitrogens with one attached hydrogen (secondary N) is 1. The van der Waals surface area contributed by atoms with Gasteiger partial charge in [-0.15, -0.1) is 0 Å². The second-order valence-corrected chi connectivity index (χ2v) is 4.31. The Morgan fingerprint density at radius 3 is 2.64 bits per heavy atom. The van der Waals surface area contributed by atoms with Crippen molar-refractivity contribution in [1.29, 1.82) is 0 Å². The molecule has 0 radical (unpaired) electrons. The van der Waals surface area contributed by atoms with Crippen LogP contribution < -0.4 is 10.1 Å². The van der Waals surface area contributed by atoms with Crippen molar-refractivity contribution in [3.8, 4) is 5.75 Å². The molecule has 0 aliphatic carbocycles. The first-order valence-electron chi connectivity index (χ1n) is 4.88. The van der Waals surface area contributed by atoms with E-state index in [2.05, 4.69) is 27.3 Å². The number of rotatable bonds is 1.